The maximum absolute atomic E-state index is 11.4. The zero-order chi connectivity index (χ0) is 12.3. The minimum absolute atomic E-state index is 0.0219. The molecule has 4 rings (SSSR count). The van der Waals surface area contributed by atoms with Crippen LogP contribution >= 0.6 is 0 Å². The Balaban J connectivity index is 1.50. The molecule has 5 nitrogen and oxygen atoms in total. The van der Waals surface area contributed by atoms with Crippen LogP contribution in [-0.4, -0.2) is 49.2 Å². The normalized spacial score (nSPS) is 52.4. The molecule has 2 bridgehead atoms. The largest absolute Gasteiger partial charge is 0.469 e. The van der Waals surface area contributed by atoms with Gasteiger partial charge in [-0.15, -0.1) is 0 Å². The van der Waals surface area contributed by atoms with Crippen LogP contribution in [0, 0.1) is 0 Å². The van der Waals surface area contributed by atoms with Gasteiger partial charge in [-0.1, -0.05) is 0 Å². The summed E-state index contributed by atoms with van der Waals surface area (Å²) in [4.78, 5) is 11.4. The van der Waals surface area contributed by atoms with Crippen molar-refractivity contribution in [3.8, 4) is 0 Å². The average Bonchev–Trinajstić information content (AvgIpc) is 3.04. The summed E-state index contributed by atoms with van der Waals surface area (Å²) in [6, 6.07) is 0. The molecule has 100 valence electrons. The van der Waals surface area contributed by atoms with E-state index in [0.29, 0.717) is 18.6 Å². The highest BCUT2D eigenvalue weighted by Crippen LogP contribution is 2.55. The lowest BCUT2D eigenvalue weighted by atomic mass is 9.78. The van der Waals surface area contributed by atoms with E-state index in [4.69, 9.17) is 18.9 Å². The predicted octanol–water partition coefficient (Wildman–Crippen LogP) is 0.796. The Morgan fingerprint density at radius 2 is 2.06 bits per heavy atom. The van der Waals surface area contributed by atoms with Crippen LogP contribution in [0.3, 0.4) is 0 Å². The Bertz CT molecular complexity index is 380. The van der Waals surface area contributed by atoms with Crippen molar-refractivity contribution in [3.63, 3.8) is 0 Å². The van der Waals surface area contributed by atoms with Gasteiger partial charge in [0.2, 0.25) is 0 Å². The van der Waals surface area contributed by atoms with Gasteiger partial charge < -0.3 is 18.9 Å². The van der Waals surface area contributed by atoms with Crippen molar-refractivity contribution in [1.82, 2.24) is 0 Å². The SMILES string of the molecule is COC(=O)CC1CC[C@@H]2O[C@@H]3C[C@]2(C[C@H]2O[C@H]23)O1. The second kappa shape index (κ2) is 3.68. The topological polar surface area (TPSA) is 57.3 Å². The fraction of sp³-hybridized carbons (Fsp3) is 0.923. The highest BCUT2D eigenvalue weighted by atomic mass is 16.6. The standard InChI is InChI=1S/C13H18O5/c1-15-11(14)4-7-2-3-10-13(18-7)5-8(16-10)12-9(6-13)17-12/h7-10,12H,2-6H2,1H3/t7?,8-,9-,10+,12+,13-/m1/s1. The minimum atomic E-state index is -0.195. The molecule has 0 aromatic carbocycles. The van der Waals surface area contributed by atoms with E-state index < -0.39 is 0 Å². The molecular formula is C13H18O5. The molecule has 1 saturated carbocycles. The van der Waals surface area contributed by atoms with Crippen molar-refractivity contribution >= 4 is 5.97 Å². The van der Waals surface area contributed by atoms with E-state index in [-0.39, 0.29) is 29.9 Å². The molecule has 3 aliphatic heterocycles. The van der Waals surface area contributed by atoms with Crippen molar-refractivity contribution in [2.75, 3.05) is 7.11 Å². The first-order valence-electron chi connectivity index (χ1n) is 6.76. The number of hydrogen-bond donors (Lipinski definition) is 0. The first-order chi connectivity index (χ1) is 8.70. The molecule has 0 N–H and O–H groups in total. The Morgan fingerprint density at radius 3 is 2.83 bits per heavy atom. The van der Waals surface area contributed by atoms with Gasteiger partial charge in [0.1, 0.15) is 6.10 Å². The number of epoxide rings is 1. The van der Waals surface area contributed by atoms with Crippen LogP contribution in [0.2, 0.25) is 0 Å². The fourth-order valence-corrected chi connectivity index (χ4v) is 3.90. The van der Waals surface area contributed by atoms with E-state index in [9.17, 15) is 4.79 Å². The third-order valence-electron chi connectivity index (χ3n) is 4.78. The van der Waals surface area contributed by atoms with E-state index in [0.717, 1.165) is 25.7 Å². The summed E-state index contributed by atoms with van der Waals surface area (Å²) >= 11 is 0. The van der Waals surface area contributed by atoms with Gasteiger partial charge in [-0.25, -0.2) is 0 Å². The van der Waals surface area contributed by atoms with Gasteiger partial charge in [0.25, 0.3) is 0 Å². The maximum atomic E-state index is 11.4. The molecule has 3 heterocycles. The lowest BCUT2D eigenvalue weighted by Crippen LogP contribution is -2.50. The quantitative estimate of drug-likeness (QED) is 0.539. The van der Waals surface area contributed by atoms with E-state index >= 15 is 0 Å². The number of carbonyl (C=O) groups is 1. The molecule has 1 spiro atoms. The zero-order valence-corrected chi connectivity index (χ0v) is 10.5. The molecule has 1 unspecified atom stereocenters. The zero-order valence-electron chi connectivity index (χ0n) is 10.5. The van der Waals surface area contributed by atoms with Gasteiger partial charge in [0, 0.05) is 12.8 Å². The summed E-state index contributed by atoms with van der Waals surface area (Å²) in [6.07, 6.45) is 5.10. The number of esters is 1. The van der Waals surface area contributed by atoms with Crippen LogP contribution in [0.1, 0.15) is 32.1 Å². The summed E-state index contributed by atoms with van der Waals surface area (Å²) in [5.74, 6) is -0.193. The molecule has 5 heteroatoms. The Labute approximate surface area is 106 Å². The van der Waals surface area contributed by atoms with E-state index in [1.54, 1.807) is 0 Å². The molecule has 6 atom stereocenters. The van der Waals surface area contributed by atoms with Crippen molar-refractivity contribution in [3.05, 3.63) is 0 Å². The van der Waals surface area contributed by atoms with Crippen LogP contribution in [0.15, 0.2) is 0 Å². The number of ether oxygens (including phenoxy) is 4. The number of hydrogen-bond acceptors (Lipinski definition) is 5. The highest BCUT2D eigenvalue weighted by molar-refractivity contribution is 5.69. The van der Waals surface area contributed by atoms with Gasteiger partial charge in [-0.2, -0.15) is 0 Å². The van der Waals surface area contributed by atoms with E-state index in [2.05, 4.69) is 0 Å². The molecular weight excluding hydrogens is 236 g/mol. The second-order valence-electron chi connectivity index (χ2n) is 5.87. The van der Waals surface area contributed by atoms with Crippen molar-refractivity contribution in [2.45, 2.75) is 68.2 Å². The number of fused-ring (bicyclic) bond motifs is 3. The van der Waals surface area contributed by atoms with E-state index in [1.165, 1.54) is 7.11 Å². The summed E-state index contributed by atoms with van der Waals surface area (Å²) in [7, 11) is 1.42. The molecule has 0 aromatic heterocycles. The Kier molecular flexibility index (Phi) is 2.29. The van der Waals surface area contributed by atoms with E-state index in [1.807, 2.05) is 0 Å². The van der Waals surface area contributed by atoms with Gasteiger partial charge in [-0.3, -0.25) is 4.79 Å². The van der Waals surface area contributed by atoms with Crippen LogP contribution in [0.25, 0.3) is 0 Å². The van der Waals surface area contributed by atoms with Gasteiger partial charge in [0.15, 0.2) is 0 Å². The second-order valence-corrected chi connectivity index (χ2v) is 5.87. The van der Waals surface area contributed by atoms with Gasteiger partial charge in [-0.05, 0) is 12.8 Å². The molecule has 4 aliphatic rings. The summed E-state index contributed by atoms with van der Waals surface area (Å²) in [5.41, 5.74) is -0.195. The molecule has 1 aliphatic carbocycles. The van der Waals surface area contributed by atoms with Crippen LogP contribution in [-0.2, 0) is 23.7 Å². The molecule has 3 saturated heterocycles. The van der Waals surface area contributed by atoms with Crippen molar-refractivity contribution < 1.29 is 23.7 Å². The third-order valence-corrected chi connectivity index (χ3v) is 4.78. The van der Waals surface area contributed by atoms with Gasteiger partial charge >= 0.3 is 5.97 Å². The molecule has 0 aromatic rings. The minimum Gasteiger partial charge on any atom is -0.469 e. The van der Waals surface area contributed by atoms with Gasteiger partial charge in [0.05, 0.1) is 43.5 Å². The Morgan fingerprint density at radius 1 is 1.28 bits per heavy atom. The molecule has 0 radical (unpaired) electrons. The smallest absolute Gasteiger partial charge is 0.308 e. The fourth-order valence-electron chi connectivity index (χ4n) is 3.90. The first kappa shape index (κ1) is 11.2. The molecule has 4 fully saturated rings. The number of methoxy groups -OCH3 is 1. The van der Waals surface area contributed by atoms with Crippen molar-refractivity contribution in [2.24, 2.45) is 0 Å². The lowest BCUT2D eigenvalue weighted by molar-refractivity contribution is -0.178. The lowest BCUT2D eigenvalue weighted by Gasteiger charge is -2.42. The molecule has 18 heavy (non-hydrogen) atoms. The maximum Gasteiger partial charge on any atom is 0.308 e. The van der Waals surface area contributed by atoms with Crippen LogP contribution in [0.4, 0.5) is 0 Å². The number of carbonyl (C=O) groups excluding carboxylic acids is 1. The Hall–Kier alpha value is -0.650. The number of rotatable bonds is 2. The molecule has 0 amide bonds. The average molecular weight is 254 g/mol. The first-order valence-corrected chi connectivity index (χ1v) is 6.76. The summed E-state index contributed by atoms with van der Waals surface area (Å²) < 4.78 is 22.6. The highest BCUT2D eigenvalue weighted by Gasteiger charge is 2.66. The van der Waals surface area contributed by atoms with Crippen LogP contribution in [0.5, 0.6) is 0 Å². The summed E-state index contributed by atoms with van der Waals surface area (Å²) in [5, 5.41) is 0. The third kappa shape index (κ3) is 1.54. The summed E-state index contributed by atoms with van der Waals surface area (Å²) in [6.45, 7) is 0. The van der Waals surface area contributed by atoms with Crippen molar-refractivity contribution in [1.29, 1.82) is 0 Å². The monoisotopic (exact) mass is 254 g/mol. The van der Waals surface area contributed by atoms with Crippen LogP contribution < -0.4 is 0 Å². The predicted molar refractivity (Wildman–Crippen MR) is 60.0 cm³/mol.